The van der Waals surface area contributed by atoms with Crippen molar-refractivity contribution in [3.05, 3.63) is 109 Å². The van der Waals surface area contributed by atoms with Crippen LogP contribution in [0.5, 0.6) is 0 Å². The van der Waals surface area contributed by atoms with Gasteiger partial charge in [0.05, 0.1) is 33.1 Å². The smallest absolute Gasteiger partial charge is 0.148 e. The zero-order valence-corrected chi connectivity index (χ0v) is 23.4. The minimum atomic E-state index is 0.890. The molecule has 0 bridgehead atoms. The Morgan fingerprint density at radius 1 is 0.452 bits per heavy atom. The molecule has 4 aromatic carbocycles. The zero-order chi connectivity index (χ0) is 27.9. The Morgan fingerprint density at radius 3 is 1.48 bits per heavy atom. The van der Waals surface area contributed by atoms with Gasteiger partial charge >= 0.3 is 0 Å². The molecule has 0 atom stereocenters. The van der Waals surface area contributed by atoms with Crippen LogP contribution in [0.4, 0.5) is 0 Å². The highest BCUT2D eigenvalue weighted by atomic mass is 15.1. The lowest BCUT2D eigenvalue weighted by Crippen LogP contribution is -2.18. The molecule has 7 nitrogen and oxygen atoms in total. The standard InChI is InChI=1S/C35H31N7/c1-3-14-26-24(12-1)34-39-28-16-5-7-18-30(28)41(34)32(37-26)20-9-10-22-36-23-11-21-33-38-27-15-4-2-13-25(27)35-40-29-17-6-8-19-31(29)42(33)35/h1-8,12-19,36H,9-11,20-23H2. The van der Waals surface area contributed by atoms with Gasteiger partial charge in [-0.2, -0.15) is 0 Å². The first-order valence-electron chi connectivity index (χ1n) is 14.9. The molecule has 0 unspecified atom stereocenters. The first kappa shape index (κ1) is 24.9. The molecule has 0 saturated heterocycles. The lowest BCUT2D eigenvalue weighted by Gasteiger charge is -2.10. The van der Waals surface area contributed by atoms with E-state index in [0.29, 0.717) is 0 Å². The summed E-state index contributed by atoms with van der Waals surface area (Å²) >= 11 is 0. The fraction of sp³-hybridized carbons (Fsp3) is 0.200. The summed E-state index contributed by atoms with van der Waals surface area (Å²) in [4.78, 5) is 20.0. The SMILES string of the molecule is c1ccc2c(c1)nc(CCCCNCCCc1nc3ccccc3c3nc4ccccc4n13)n1c3ccccc3nc21. The maximum Gasteiger partial charge on any atom is 0.148 e. The number of nitrogens with zero attached hydrogens (tertiary/aromatic N) is 6. The number of hydrogen-bond donors (Lipinski definition) is 1. The third kappa shape index (κ3) is 4.25. The van der Waals surface area contributed by atoms with E-state index in [-0.39, 0.29) is 0 Å². The summed E-state index contributed by atoms with van der Waals surface area (Å²) in [5, 5.41) is 5.85. The van der Waals surface area contributed by atoms with Crippen molar-refractivity contribution in [2.45, 2.75) is 32.1 Å². The second-order valence-corrected chi connectivity index (χ2v) is 10.9. The zero-order valence-electron chi connectivity index (χ0n) is 23.4. The molecular formula is C35H31N7. The van der Waals surface area contributed by atoms with E-state index in [0.717, 1.165) is 112 Å². The molecule has 4 aromatic heterocycles. The number of hydrogen-bond acceptors (Lipinski definition) is 5. The lowest BCUT2D eigenvalue weighted by atomic mass is 10.2. The van der Waals surface area contributed by atoms with E-state index < -0.39 is 0 Å². The van der Waals surface area contributed by atoms with Crippen molar-refractivity contribution < 1.29 is 0 Å². The summed E-state index contributed by atoms with van der Waals surface area (Å²) in [6.07, 6.45) is 4.97. The Morgan fingerprint density at radius 2 is 0.905 bits per heavy atom. The van der Waals surface area contributed by atoms with Crippen LogP contribution in [-0.2, 0) is 12.8 Å². The number of fused-ring (bicyclic) bond motifs is 10. The summed E-state index contributed by atoms with van der Waals surface area (Å²) in [5.74, 6) is 2.15. The van der Waals surface area contributed by atoms with Crippen LogP contribution in [0.2, 0.25) is 0 Å². The van der Waals surface area contributed by atoms with Crippen molar-refractivity contribution in [2.75, 3.05) is 13.1 Å². The molecule has 206 valence electrons. The molecular weight excluding hydrogens is 518 g/mol. The Kier molecular flexibility index (Phi) is 6.22. The van der Waals surface area contributed by atoms with E-state index in [1.54, 1.807) is 0 Å². The quantitative estimate of drug-likeness (QED) is 0.198. The van der Waals surface area contributed by atoms with Crippen LogP contribution in [-0.4, -0.2) is 41.8 Å². The van der Waals surface area contributed by atoms with Crippen molar-refractivity contribution >= 4 is 55.2 Å². The molecule has 42 heavy (non-hydrogen) atoms. The van der Waals surface area contributed by atoms with Crippen LogP contribution >= 0.6 is 0 Å². The van der Waals surface area contributed by atoms with Crippen LogP contribution in [0.1, 0.15) is 30.9 Å². The van der Waals surface area contributed by atoms with Crippen molar-refractivity contribution in [1.29, 1.82) is 0 Å². The third-order valence-electron chi connectivity index (χ3n) is 8.18. The number of unbranched alkanes of at least 4 members (excludes halogenated alkanes) is 1. The summed E-state index contributed by atoms with van der Waals surface area (Å²) < 4.78 is 4.50. The number of imidazole rings is 2. The predicted octanol–water partition coefficient (Wildman–Crippen LogP) is 6.93. The minimum absolute atomic E-state index is 0.890. The lowest BCUT2D eigenvalue weighted by molar-refractivity contribution is 0.593. The van der Waals surface area contributed by atoms with Crippen molar-refractivity contribution in [3.8, 4) is 0 Å². The van der Waals surface area contributed by atoms with Crippen LogP contribution < -0.4 is 5.32 Å². The van der Waals surface area contributed by atoms with E-state index in [1.165, 1.54) is 0 Å². The van der Waals surface area contributed by atoms with Gasteiger partial charge in [0.1, 0.15) is 22.9 Å². The van der Waals surface area contributed by atoms with Gasteiger partial charge in [0.15, 0.2) is 0 Å². The van der Waals surface area contributed by atoms with Gasteiger partial charge in [0.25, 0.3) is 0 Å². The van der Waals surface area contributed by atoms with E-state index in [2.05, 4.69) is 93.0 Å². The molecule has 0 spiro atoms. The minimum Gasteiger partial charge on any atom is -0.317 e. The summed E-state index contributed by atoms with van der Waals surface area (Å²) in [6.45, 7) is 1.93. The van der Waals surface area contributed by atoms with E-state index in [9.17, 15) is 0 Å². The number of aryl methyl sites for hydroxylation is 2. The van der Waals surface area contributed by atoms with Crippen LogP contribution in [0.15, 0.2) is 97.1 Å². The highest BCUT2D eigenvalue weighted by Gasteiger charge is 2.15. The molecule has 0 fully saturated rings. The average Bonchev–Trinajstić information content (AvgIpc) is 3.62. The molecule has 0 radical (unpaired) electrons. The molecule has 0 aliphatic rings. The van der Waals surface area contributed by atoms with Gasteiger partial charge in [-0.3, -0.25) is 8.80 Å². The van der Waals surface area contributed by atoms with Crippen LogP contribution in [0.25, 0.3) is 55.2 Å². The third-order valence-corrected chi connectivity index (χ3v) is 8.18. The second-order valence-electron chi connectivity index (χ2n) is 10.9. The van der Waals surface area contributed by atoms with Gasteiger partial charge in [0.2, 0.25) is 0 Å². The maximum atomic E-state index is 5.06. The molecule has 0 amide bonds. The first-order valence-corrected chi connectivity index (χ1v) is 14.9. The molecule has 8 rings (SSSR count). The highest BCUT2D eigenvalue weighted by molar-refractivity contribution is 5.97. The number of nitrogens with one attached hydrogen (secondary N) is 1. The van der Waals surface area contributed by atoms with Gasteiger partial charge in [-0.25, -0.2) is 19.9 Å². The molecule has 1 N–H and O–H groups in total. The topological polar surface area (TPSA) is 72.4 Å². The second kappa shape index (κ2) is 10.5. The molecule has 8 aromatic rings. The predicted molar refractivity (Wildman–Crippen MR) is 170 cm³/mol. The Labute approximate surface area is 242 Å². The van der Waals surface area contributed by atoms with Crippen molar-refractivity contribution in [1.82, 2.24) is 34.1 Å². The van der Waals surface area contributed by atoms with Gasteiger partial charge in [0, 0.05) is 23.6 Å². The van der Waals surface area contributed by atoms with Gasteiger partial charge < -0.3 is 5.32 Å². The normalized spacial score (nSPS) is 12.1. The largest absolute Gasteiger partial charge is 0.317 e. The number of rotatable bonds is 9. The fourth-order valence-electron chi connectivity index (χ4n) is 6.20. The molecule has 7 heteroatoms. The molecule has 0 aliphatic carbocycles. The van der Waals surface area contributed by atoms with Gasteiger partial charge in [-0.15, -0.1) is 0 Å². The number of benzene rings is 4. The Bertz CT molecular complexity index is 2070. The van der Waals surface area contributed by atoms with Gasteiger partial charge in [-0.05, 0) is 80.9 Å². The summed E-state index contributed by atoms with van der Waals surface area (Å²) in [5.41, 5.74) is 8.28. The van der Waals surface area contributed by atoms with Crippen LogP contribution in [0.3, 0.4) is 0 Å². The first-order chi connectivity index (χ1) is 20.8. The number of aromatic nitrogens is 6. The maximum absolute atomic E-state index is 5.06. The average molecular weight is 550 g/mol. The summed E-state index contributed by atoms with van der Waals surface area (Å²) in [6, 6.07) is 33.3. The monoisotopic (exact) mass is 549 g/mol. The number of para-hydroxylation sites is 6. The fourth-order valence-corrected chi connectivity index (χ4v) is 6.20. The van der Waals surface area contributed by atoms with Crippen molar-refractivity contribution in [2.24, 2.45) is 0 Å². The van der Waals surface area contributed by atoms with E-state index >= 15 is 0 Å². The molecule has 0 saturated carbocycles. The summed E-state index contributed by atoms with van der Waals surface area (Å²) in [7, 11) is 0. The Hall–Kier alpha value is -4.88. The van der Waals surface area contributed by atoms with Gasteiger partial charge in [-0.1, -0.05) is 48.5 Å². The molecule has 0 aliphatic heterocycles. The Balaban J connectivity index is 0.927. The van der Waals surface area contributed by atoms with Crippen LogP contribution in [0, 0.1) is 0 Å². The van der Waals surface area contributed by atoms with Crippen molar-refractivity contribution in [3.63, 3.8) is 0 Å². The molecule has 4 heterocycles. The van der Waals surface area contributed by atoms with E-state index in [4.69, 9.17) is 19.9 Å². The van der Waals surface area contributed by atoms with E-state index in [1.807, 2.05) is 18.2 Å². The highest BCUT2D eigenvalue weighted by Crippen LogP contribution is 2.26.